The van der Waals surface area contributed by atoms with Crippen LogP contribution in [0.5, 0.6) is 0 Å². The van der Waals surface area contributed by atoms with Gasteiger partial charge >= 0.3 is 6.09 Å². The lowest BCUT2D eigenvalue weighted by molar-refractivity contribution is -0.137. The van der Waals surface area contributed by atoms with Gasteiger partial charge in [0.25, 0.3) is 0 Å². The Morgan fingerprint density at radius 3 is 2.78 bits per heavy atom. The molecule has 4 atom stereocenters. The summed E-state index contributed by atoms with van der Waals surface area (Å²) < 4.78 is 11.0. The lowest BCUT2D eigenvalue weighted by atomic mass is 9.82. The number of primary amides is 1. The number of carbonyl (C=O) groups is 3. The SMILES string of the molecule is CCCNC1=C(C)C(=O)C2=C(C1=O)[C@H](COC(N)=O)[C@]1(OC)[C@@H]3N[C@@H]3CN21. The molecule has 0 bridgehead atoms. The number of hydrogen-bond acceptors (Lipinski definition) is 8. The molecule has 146 valence electrons. The number of nitrogens with two attached hydrogens (primary N) is 1. The number of carbonyl (C=O) groups excluding carboxylic acids is 3. The Balaban J connectivity index is 1.79. The van der Waals surface area contributed by atoms with Crippen molar-refractivity contribution in [2.75, 3.05) is 26.8 Å². The molecule has 0 aromatic carbocycles. The molecule has 9 nitrogen and oxygen atoms in total. The molecule has 0 saturated carbocycles. The van der Waals surface area contributed by atoms with E-state index in [0.29, 0.717) is 35.6 Å². The van der Waals surface area contributed by atoms with Gasteiger partial charge in [0.15, 0.2) is 5.72 Å². The molecule has 0 aromatic rings. The largest absolute Gasteiger partial charge is 0.449 e. The van der Waals surface area contributed by atoms with Gasteiger partial charge in [-0.2, -0.15) is 0 Å². The van der Waals surface area contributed by atoms with Crippen LogP contribution in [0.4, 0.5) is 4.79 Å². The first kappa shape index (κ1) is 18.0. The van der Waals surface area contributed by atoms with Crippen molar-refractivity contribution < 1.29 is 23.9 Å². The van der Waals surface area contributed by atoms with Crippen LogP contribution in [0.1, 0.15) is 20.3 Å². The predicted molar refractivity (Wildman–Crippen MR) is 94.2 cm³/mol. The van der Waals surface area contributed by atoms with E-state index in [-0.39, 0.29) is 30.3 Å². The molecule has 4 aliphatic rings. The van der Waals surface area contributed by atoms with Crippen LogP contribution in [0.2, 0.25) is 0 Å². The van der Waals surface area contributed by atoms with E-state index >= 15 is 0 Å². The average Bonchev–Trinajstić information content (AvgIpc) is 3.24. The minimum absolute atomic E-state index is 0.0393. The van der Waals surface area contributed by atoms with E-state index in [2.05, 4.69) is 10.6 Å². The monoisotopic (exact) mass is 376 g/mol. The molecule has 0 unspecified atom stereocenters. The van der Waals surface area contributed by atoms with Crippen molar-refractivity contribution in [1.82, 2.24) is 15.5 Å². The minimum atomic E-state index is -0.934. The maximum absolute atomic E-state index is 13.3. The highest BCUT2D eigenvalue weighted by atomic mass is 16.6. The number of hydrogen-bond donors (Lipinski definition) is 3. The third-order valence-corrected chi connectivity index (χ3v) is 5.98. The second-order valence-corrected chi connectivity index (χ2v) is 7.35. The fourth-order valence-corrected chi connectivity index (χ4v) is 4.75. The number of piperazine rings is 1. The molecular formula is C18H24N4O5. The molecule has 0 radical (unpaired) electrons. The van der Waals surface area contributed by atoms with Gasteiger partial charge in [-0.25, -0.2) is 4.79 Å². The summed E-state index contributed by atoms with van der Waals surface area (Å²) in [4.78, 5) is 39.6. The normalized spacial score (nSPS) is 33.9. The summed E-state index contributed by atoms with van der Waals surface area (Å²) in [6.45, 7) is 4.68. The van der Waals surface area contributed by atoms with Gasteiger partial charge in [0.2, 0.25) is 11.6 Å². The fourth-order valence-electron chi connectivity index (χ4n) is 4.75. The number of methoxy groups -OCH3 is 1. The van der Waals surface area contributed by atoms with Gasteiger partial charge in [-0.05, 0) is 13.3 Å². The van der Waals surface area contributed by atoms with Gasteiger partial charge in [-0.3, -0.25) is 9.59 Å². The van der Waals surface area contributed by atoms with Crippen molar-refractivity contribution in [3.05, 3.63) is 22.5 Å². The number of Topliss-reactive ketones (excluding diaryl/α,β-unsaturated/α-hetero) is 2. The molecule has 0 aromatic heterocycles. The number of amides is 1. The maximum atomic E-state index is 13.3. The lowest BCUT2D eigenvalue weighted by Crippen LogP contribution is -2.55. The minimum Gasteiger partial charge on any atom is -0.449 e. The van der Waals surface area contributed by atoms with Gasteiger partial charge < -0.3 is 30.7 Å². The zero-order chi connectivity index (χ0) is 19.5. The van der Waals surface area contributed by atoms with Crippen LogP contribution in [-0.2, 0) is 19.1 Å². The average molecular weight is 376 g/mol. The van der Waals surface area contributed by atoms with Gasteiger partial charge in [0.05, 0.1) is 23.4 Å². The van der Waals surface area contributed by atoms with Crippen molar-refractivity contribution in [1.29, 1.82) is 0 Å². The van der Waals surface area contributed by atoms with Gasteiger partial charge in [-0.15, -0.1) is 0 Å². The highest BCUT2D eigenvalue weighted by Crippen LogP contribution is 2.55. The fraction of sp³-hybridized carbons (Fsp3) is 0.611. The smallest absolute Gasteiger partial charge is 0.404 e. The third-order valence-electron chi connectivity index (χ3n) is 5.98. The van der Waals surface area contributed by atoms with Crippen molar-refractivity contribution in [3.63, 3.8) is 0 Å². The van der Waals surface area contributed by atoms with Crippen molar-refractivity contribution in [3.8, 4) is 0 Å². The molecule has 1 aliphatic carbocycles. The molecule has 27 heavy (non-hydrogen) atoms. The first-order valence-electron chi connectivity index (χ1n) is 9.17. The molecule has 9 heteroatoms. The highest BCUT2D eigenvalue weighted by molar-refractivity contribution is 6.25. The number of nitrogens with one attached hydrogen (secondary N) is 2. The number of ketones is 2. The zero-order valence-corrected chi connectivity index (χ0v) is 15.6. The van der Waals surface area contributed by atoms with Gasteiger partial charge in [-0.1, -0.05) is 6.92 Å². The predicted octanol–water partition coefficient (Wildman–Crippen LogP) is -0.610. The molecule has 1 amide bonds. The number of rotatable bonds is 6. The topological polar surface area (TPSA) is 133 Å². The van der Waals surface area contributed by atoms with Crippen LogP contribution in [0, 0.1) is 5.92 Å². The second kappa shape index (κ2) is 6.07. The second-order valence-electron chi connectivity index (χ2n) is 7.35. The third kappa shape index (κ3) is 2.28. The van der Waals surface area contributed by atoms with Crippen LogP contribution >= 0.6 is 0 Å². The first-order valence-corrected chi connectivity index (χ1v) is 9.17. The van der Waals surface area contributed by atoms with E-state index in [9.17, 15) is 14.4 Å². The van der Waals surface area contributed by atoms with Crippen LogP contribution in [-0.4, -0.2) is 67.2 Å². The number of allylic oxidation sites excluding steroid dienone is 2. The summed E-state index contributed by atoms with van der Waals surface area (Å²) in [7, 11) is 1.55. The van der Waals surface area contributed by atoms with E-state index in [0.717, 1.165) is 6.42 Å². The van der Waals surface area contributed by atoms with E-state index < -0.39 is 17.7 Å². The summed E-state index contributed by atoms with van der Waals surface area (Å²) in [6.07, 6.45) is -0.106. The van der Waals surface area contributed by atoms with Crippen molar-refractivity contribution >= 4 is 17.7 Å². The van der Waals surface area contributed by atoms with Crippen LogP contribution in [0.25, 0.3) is 0 Å². The Kier molecular flexibility index (Phi) is 4.04. The Morgan fingerprint density at radius 1 is 1.41 bits per heavy atom. The molecule has 3 aliphatic heterocycles. The molecule has 2 fully saturated rings. The standard InChI is InChI=1S/C18H24N4O5/c1-4-5-20-12-8(2)14(23)13-11(15(12)24)9(7-27-17(19)25)18(26-3)16-10(21-16)6-22(13)18/h9-10,16,20-21H,4-7H2,1-3H3,(H2,19,25)/t9-,10+,16+,18-/m0/s1. The molecule has 4 rings (SSSR count). The Hall–Kier alpha value is -2.39. The highest BCUT2D eigenvalue weighted by Gasteiger charge is 2.72. The quantitative estimate of drug-likeness (QED) is 0.413. The summed E-state index contributed by atoms with van der Waals surface area (Å²) in [6, 6.07) is 0.143. The Labute approximate surface area is 156 Å². The van der Waals surface area contributed by atoms with Crippen LogP contribution < -0.4 is 16.4 Å². The number of ether oxygens (including phenoxy) is 2. The summed E-state index contributed by atoms with van der Waals surface area (Å²) >= 11 is 0. The Morgan fingerprint density at radius 2 is 2.15 bits per heavy atom. The lowest BCUT2D eigenvalue weighted by Gasteiger charge is -2.39. The van der Waals surface area contributed by atoms with Crippen LogP contribution in [0.3, 0.4) is 0 Å². The summed E-state index contributed by atoms with van der Waals surface area (Å²) in [5.41, 5.74) is 5.67. The molecular weight excluding hydrogens is 352 g/mol. The summed E-state index contributed by atoms with van der Waals surface area (Å²) in [5, 5.41) is 6.41. The first-order chi connectivity index (χ1) is 12.9. The van der Waals surface area contributed by atoms with Crippen molar-refractivity contribution in [2.45, 2.75) is 38.1 Å². The summed E-state index contributed by atoms with van der Waals surface area (Å²) in [5.74, 6) is -1.03. The van der Waals surface area contributed by atoms with E-state index in [4.69, 9.17) is 15.2 Å². The van der Waals surface area contributed by atoms with E-state index in [1.54, 1.807) is 14.0 Å². The van der Waals surface area contributed by atoms with E-state index in [1.807, 2.05) is 11.8 Å². The van der Waals surface area contributed by atoms with Gasteiger partial charge in [0.1, 0.15) is 6.61 Å². The molecule has 3 heterocycles. The molecule has 0 spiro atoms. The molecule has 4 N–H and O–H groups in total. The Bertz CT molecular complexity index is 804. The number of fused-ring (bicyclic) bond motifs is 4. The number of nitrogens with zero attached hydrogens (tertiary/aromatic N) is 1. The van der Waals surface area contributed by atoms with Gasteiger partial charge in [0, 0.05) is 37.4 Å². The van der Waals surface area contributed by atoms with Crippen LogP contribution in [0.15, 0.2) is 22.5 Å². The maximum Gasteiger partial charge on any atom is 0.404 e. The zero-order valence-electron chi connectivity index (χ0n) is 15.6. The van der Waals surface area contributed by atoms with Crippen molar-refractivity contribution in [2.24, 2.45) is 11.7 Å². The molecule has 2 saturated heterocycles. The van der Waals surface area contributed by atoms with E-state index in [1.165, 1.54) is 0 Å².